The van der Waals surface area contributed by atoms with Gasteiger partial charge in [0.2, 0.25) is 0 Å². The van der Waals surface area contributed by atoms with Gasteiger partial charge in [0, 0.05) is 20.7 Å². The van der Waals surface area contributed by atoms with E-state index in [0.717, 1.165) is 28.6 Å². The Bertz CT molecular complexity index is 528. The van der Waals surface area contributed by atoms with E-state index < -0.39 is 0 Å². The highest BCUT2D eigenvalue weighted by Gasteiger charge is 2.05. The van der Waals surface area contributed by atoms with Gasteiger partial charge in [-0.25, -0.2) is 0 Å². The maximum Gasteiger partial charge on any atom is 0.132 e. The lowest BCUT2D eigenvalue weighted by Gasteiger charge is -2.11. The summed E-state index contributed by atoms with van der Waals surface area (Å²) in [5.74, 6) is 1.66. The lowest BCUT2D eigenvalue weighted by molar-refractivity contribution is 0.474. The Morgan fingerprint density at radius 1 is 1.17 bits per heavy atom. The predicted molar refractivity (Wildman–Crippen MR) is 83.4 cm³/mol. The maximum atomic E-state index is 5.99. The molecule has 0 saturated heterocycles. The molecular formula is C14H13ClINO. The van der Waals surface area contributed by atoms with Crippen LogP contribution in [0.1, 0.15) is 5.56 Å². The molecule has 0 unspecified atom stereocenters. The first-order valence-corrected chi connectivity index (χ1v) is 7.01. The zero-order chi connectivity index (χ0) is 13.0. The molecule has 0 bridgehead atoms. The molecule has 0 radical (unpaired) electrons. The van der Waals surface area contributed by atoms with Crippen molar-refractivity contribution in [2.75, 3.05) is 7.05 Å². The van der Waals surface area contributed by atoms with E-state index in [1.807, 2.05) is 49.5 Å². The Morgan fingerprint density at radius 3 is 2.56 bits per heavy atom. The molecule has 0 atom stereocenters. The zero-order valence-corrected chi connectivity index (χ0v) is 12.8. The van der Waals surface area contributed by atoms with Crippen LogP contribution in [0.2, 0.25) is 5.02 Å². The molecule has 0 aliphatic carbocycles. The third-order valence-corrected chi connectivity index (χ3v) is 3.39. The Balaban J connectivity index is 2.25. The minimum Gasteiger partial charge on any atom is -0.457 e. The number of nitrogens with one attached hydrogen (secondary N) is 1. The van der Waals surface area contributed by atoms with E-state index in [2.05, 4.69) is 27.9 Å². The summed E-state index contributed by atoms with van der Waals surface area (Å²) in [4.78, 5) is 0. The second-order valence-corrected chi connectivity index (χ2v) is 5.52. The topological polar surface area (TPSA) is 21.3 Å². The van der Waals surface area contributed by atoms with Crippen molar-refractivity contribution in [3.63, 3.8) is 0 Å². The van der Waals surface area contributed by atoms with Crippen molar-refractivity contribution in [1.29, 1.82) is 0 Å². The molecule has 0 heterocycles. The van der Waals surface area contributed by atoms with Crippen LogP contribution in [0.5, 0.6) is 11.5 Å². The molecule has 1 N–H and O–H groups in total. The van der Waals surface area contributed by atoms with Gasteiger partial charge in [-0.2, -0.15) is 0 Å². The second kappa shape index (κ2) is 6.41. The lowest BCUT2D eigenvalue weighted by Crippen LogP contribution is -2.06. The van der Waals surface area contributed by atoms with Crippen LogP contribution < -0.4 is 10.1 Å². The quantitative estimate of drug-likeness (QED) is 0.799. The Labute approximate surface area is 125 Å². The first kappa shape index (κ1) is 13.6. The van der Waals surface area contributed by atoms with E-state index in [1.54, 1.807) is 0 Å². The summed E-state index contributed by atoms with van der Waals surface area (Å²) in [7, 11) is 1.90. The van der Waals surface area contributed by atoms with E-state index in [-0.39, 0.29) is 0 Å². The summed E-state index contributed by atoms with van der Waals surface area (Å²) in [6, 6.07) is 13.6. The molecule has 18 heavy (non-hydrogen) atoms. The normalized spacial score (nSPS) is 10.4. The monoisotopic (exact) mass is 373 g/mol. The summed E-state index contributed by atoms with van der Waals surface area (Å²) in [5.41, 5.74) is 1.04. The number of ether oxygens (including phenoxy) is 1. The van der Waals surface area contributed by atoms with E-state index in [0.29, 0.717) is 0 Å². The predicted octanol–water partition coefficient (Wildman–Crippen LogP) is 4.46. The third-order valence-electron chi connectivity index (χ3n) is 2.43. The average Bonchev–Trinajstić information content (AvgIpc) is 2.36. The number of rotatable bonds is 4. The molecule has 4 heteroatoms. The summed E-state index contributed by atoms with van der Waals surface area (Å²) in [6.45, 7) is 0.722. The average molecular weight is 374 g/mol. The molecule has 0 spiro atoms. The van der Waals surface area contributed by atoms with E-state index in [1.165, 1.54) is 3.57 Å². The fourth-order valence-electron chi connectivity index (χ4n) is 1.61. The highest BCUT2D eigenvalue weighted by atomic mass is 127. The van der Waals surface area contributed by atoms with E-state index >= 15 is 0 Å². The first-order valence-electron chi connectivity index (χ1n) is 5.55. The Kier molecular flexibility index (Phi) is 4.86. The fraction of sp³-hybridized carbons (Fsp3) is 0.143. The lowest BCUT2D eigenvalue weighted by atomic mass is 10.2. The van der Waals surface area contributed by atoms with Crippen LogP contribution in [0.4, 0.5) is 0 Å². The summed E-state index contributed by atoms with van der Waals surface area (Å²) in [5, 5.41) is 3.82. The molecule has 2 rings (SSSR count). The fourth-order valence-corrected chi connectivity index (χ4v) is 2.16. The van der Waals surface area contributed by atoms with Gasteiger partial charge in [-0.15, -0.1) is 0 Å². The van der Waals surface area contributed by atoms with Crippen molar-refractivity contribution in [2.24, 2.45) is 0 Å². The van der Waals surface area contributed by atoms with E-state index in [9.17, 15) is 0 Å². The molecule has 2 aromatic rings. The smallest absolute Gasteiger partial charge is 0.132 e. The highest BCUT2D eigenvalue weighted by molar-refractivity contribution is 14.1. The minimum absolute atomic E-state index is 0.718. The van der Waals surface area contributed by atoms with Gasteiger partial charge >= 0.3 is 0 Å². The van der Waals surface area contributed by atoms with Crippen molar-refractivity contribution in [1.82, 2.24) is 5.32 Å². The van der Waals surface area contributed by atoms with Gasteiger partial charge in [-0.05, 0) is 72.1 Å². The molecule has 0 amide bonds. The first-order chi connectivity index (χ1) is 8.69. The molecule has 2 aromatic carbocycles. The molecule has 2 nitrogen and oxygen atoms in total. The molecular weight excluding hydrogens is 361 g/mol. The third kappa shape index (κ3) is 3.60. The van der Waals surface area contributed by atoms with Crippen LogP contribution in [0.15, 0.2) is 42.5 Å². The van der Waals surface area contributed by atoms with Crippen molar-refractivity contribution in [3.05, 3.63) is 56.6 Å². The molecule has 0 aliphatic rings. The largest absolute Gasteiger partial charge is 0.457 e. The highest BCUT2D eigenvalue weighted by Crippen LogP contribution is 2.28. The molecule has 0 saturated carbocycles. The number of halogens is 2. The van der Waals surface area contributed by atoms with Crippen LogP contribution in [0, 0.1) is 3.57 Å². The van der Waals surface area contributed by atoms with Gasteiger partial charge < -0.3 is 10.1 Å². The minimum atomic E-state index is 0.718. The molecule has 0 aliphatic heterocycles. The summed E-state index contributed by atoms with van der Waals surface area (Å²) in [6.07, 6.45) is 0. The Morgan fingerprint density at radius 2 is 1.89 bits per heavy atom. The Hall–Kier alpha value is -0.780. The summed E-state index contributed by atoms with van der Waals surface area (Å²) < 4.78 is 7.06. The molecule has 0 fully saturated rings. The van der Waals surface area contributed by atoms with Gasteiger partial charge in [0.05, 0.1) is 0 Å². The van der Waals surface area contributed by atoms with Crippen LogP contribution in [0.25, 0.3) is 0 Å². The number of hydrogen-bond acceptors (Lipinski definition) is 2. The number of hydrogen-bond donors (Lipinski definition) is 1. The van der Waals surface area contributed by atoms with Crippen molar-refractivity contribution in [2.45, 2.75) is 6.54 Å². The van der Waals surface area contributed by atoms with E-state index in [4.69, 9.17) is 16.3 Å². The van der Waals surface area contributed by atoms with Gasteiger partial charge in [0.1, 0.15) is 11.5 Å². The molecule has 0 aromatic heterocycles. The van der Waals surface area contributed by atoms with Gasteiger partial charge in [0.25, 0.3) is 0 Å². The van der Waals surface area contributed by atoms with Crippen molar-refractivity contribution >= 4 is 34.2 Å². The van der Waals surface area contributed by atoms with Gasteiger partial charge in [-0.1, -0.05) is 11.6 Å². The van der Waals surface area contributed by atoms with Gasteiger partial charge in [-0.3, -0.25) is 0 Å². The van der Waals surface area contributed by atoms with Crippen LogP contribution in [-0.4, -0.2) is 7.05 Å². The van der Waals surface area contributed by atoms with Crippen LogP contribution in [-0.2, 0) is 6.54 Å². The number of benzene rings is 2. The van der Waals surface area contributed by atoms with Crippen molar-refractivity contribution < 1.29 is 4.74 Å². The SMILES string of the molecule is CNCc1cc(Cl)ccc1Oc1ccc(I)cc1. The molecule has 94 valence electrons. The summed E-state index contributed by atoms with van der Waals surface area (Å²) >= 11 is 8.26. The zero-order valence-electron chi connectivity index (χ0n) is 9.91. The van der Waals surface area contributed by atoms with Crippen LogP contribution in [0.3, 0.4) is 0 Å². The standard InChI is InChI=1S/C14H13ClINO/c1-17-9-10-8-11(15)2-7-14(10)18-13-5-3-12(16)4-6-13/h2-8,17H,9H2,1H3. The van der Waals surface area contributed by atoms with Crippen molar-refractivity contribution in [3.8, 4) is 11.5 Å². The second-order valence-electron chi connectivity index (χ2n) is 3.84. The maximum absolute atomic E-state index is 5.99. The van der Waals surface area contributed by atoms with Gasteiger partial charge in [0.15, 0.2) is 0 Å². The van der Waals surface area contributed by atoms with Crippen LogP contribution >= 0.6 is 34.2 Å².